The van der Waals surface area contributed by atoms with Crippen LogP contribution in [-0.2, 0) is 4.74 Å². The van der Waals surface area contributed by atoms with Gasteiger partial charge in [-0.1, -0.05) is 0 Å². The van der Waals surface area contributed by atoms with Gasteiger partial charge in [0.2, 0.25) is 5.95 Å². The zero-order valence-electron chi connectivity index (χ0n) is 16.7. The van der Waals surface area contributed by atoms with Gasteiger partial charge in [0.05, 0.1) is 24.5 Å². The van der Waals surface area contributed by atoms with Gasteiger partial charge in [0, 0.05) is 49.7 Å². The van der Waals surface area contributed by atoms with Gasteiger partial charge in [0.25, 0.3) is 0 Å². The molecule has 4 N–H and O–H groups in total. The zero-order valence-corrected chi connectivity index (χ0v) is 17.5. The molecule has 158 valence electrons. The largest absolute Gasteiger partial charge is 0.379 e. The van der Waals surface area contributed by atoms with Crippen LogP contribution in [0.15, 0.2) is 28.8 Å². The van der Waals surface area contributed by atoms with Crippen molar-refractivity contribution in [2.24, 2.45) is 4.99 Å². The topological polar surface area (TPSA) is 104 Å². The van der Waals surface area contributed by atoms with Gasteiger partial charge in [0.1, 0.15) is 5.82 Å². The fourth-order valence-electron chi connectivity index (χ4n) is 4.65. The molecule has 0 bridgehead atoms. The number of rotatable bonds is 3. The second-order valence-electron chi connectivity index (χ2n) is 8.13. The average molecular weight is 421 g/mol. The molecule has 2 fully saturated rings. The van der Waals surface area contributed by atoms with Gasteiger partial charge in [0.15, 0.2) is 6.29 Å². The molecule has 10 heteroatoms. The van der Waals surface area contributed by atoms with Crippen LogP contribution in [0.4, 0.5) is 5.95 Å². The number of nitrogens with two attached hydrogens (primary N) is 1. The second kappa shape index (κ2) is 8.06. The Morgan fingerprint density at radius 2 is 1.97 bits per heavy atom. The van der Waals surface area contributed by atoms with E-state index in [2.05, 4.69) is 37.3 Å². The van der Waals surface area contributed by atoms with Crippen molar-refractivity contribution >= 4 is 24.1 Å². The molecule has 4 aliphatic rings. The number of ether oxygens (including phenoxy) is 1. The molecular weight excluding hydrogens is 392 g/mol. The number of hydrogen-bond donors (Lipinski definition) is 3. The Hall–Kier alpha value is -1.94. The summed E-state index contributed by atoms with van der Waals surface area (Å²) in [5.74, 6) is 1.50. The number of halogens is 1. The minimum absolute atomic E-state index is 0. The number of morpholine rings is 1. The van der Waals surface area contributed by atoms with Crippen molar-refractivity contribution in [1.29, 1.82) is 0 Å². The van der Waals surface area contributed by atoms with Crippen molar-refractivity contribution in [3.05, 3.63) is 29.4 Å². The van der Waals surface area contributed by atoms with E-state index in [-0.39, 0.29) is 30.2 Å². The van der Waals surface area contributed by atoms with Crippen molar-refractivity contribution < 1.29 is 4.74 Å². The monoisotopic (exact) mass is 420 g/mol. The summed E-state index contributed by atoms with van der Waals surface area (Å²) in [5.41, 5.74) is 9.00. The van der Waals surface area contributed by atoms with Crippen molar-refractivity contribution in [2.45, 2.75) is 31.6 Å². The molecule has 0 amide bonds. The minimum Gasteiger partial charge on any atom is -0.379 e. The minimum atomic E-state index is -0.103. The molecule has 0 saturated carbocycles. The molecule has 5 heterocycles. The fourth-order valence-corrected chi connectivity index (χ4v) is 4.65. The van der Waals surface area contributed by atoms with Gasteiger partial charge in [-0.3, -0.25) is 4.90 Å². The van der Waals surface area contributed by atoms with Crippen LogP contribution in [0.25, 0.3) is 0 Å². The number of nitrogens with zero attached hydrogens (tertiary/aromatic N) is 5. The smallest absolute Gasteiger partial charge is 0.219 e. The van der Waals surface area contributed by atoms with E-state index in [1.54, 1.807) is 12.4 Å². The molecule has 0 aliphatic carbocycles. The molecular formula is C19H29ClN8O. The fraction of sp³-hybridized carbons (Fsp3) is 0.632. The van der Waals surface area contributed by atoms with Crippen LogP contribution in [-0.4, -0.2) is 83.2 Å². The lowest BCUT2D eigenvalue weighted by atomic mass is 9.99. The maximum Gasteiger partial charge on any atom is 0.219 e. The van der Waals surface area contributed by atoms with Crippen LogP contribution in [0, 0.1) is 0 Å². The lowest BCUT2D eigenvalue weighted by Gasteiger charge is -2.42. The highest BCUT2D eigenvalue weighted by Crippen LogP contribution is 2.36. The van der Waals surface area contributed by atoms with E-state index in [1.807, 2.05) is 0 Å². The maximum absolute atomic E-state index is 5.71. The van der Waals surface area contributed by atoms with E-state index in [9.17, 15) is 0 Å². The second-order valence-corrected chi connectivity index (χ2v) is 8.13. The van der Waals surface area contributed by atoms with E-state index in [1.165, 1.54) is 11.4 Å². The number of aromatic nitrogens is 2. The van der Waals surface area contributed by atoms with Gasteiger partial charge in [-0.2, -0.15) is 0 Å². The van der Waals surface area contributed by atoms with Gasteiger partial charge < -0.3 is 26.0 Å². The number of anilines is 1. The summed E-state index contributed by atoms with van der Waals surface area (Å²) in [6, 6.07) is 0. The first kappa shape index (κ1) is 20.3. The predicted octanol–water partition coefficient (Wildman–Crippen LogP) is 0.158. The highest BCUT2D eigenvalue weighted by molar-refractivity contribution is 6.13. The van der Waals surface area contributed by atoms with Crippen molar-refractivity contribution in [1.82, 2.24) is 30.4 Å². The van der Waals surface area contributed by atoms with Gasteiger partial charge >= 0.3 is 0 Å². The Labute approximate surface area is 177 Å². The standard InChI is InChI=1S/C19H28N8O.ClH/c1-19(3-4-21-12-19)27-5-2-14-15(13-10-22-17(20)23-11-13)24-18(25-16(14)27)26-6-8-28-9-7-26;/h10-11,18,21,25H,2-9,12H2,1H3,(H2,20,22,23);1H/t18?,19-;/m0./s1. The summed E-state index contributed by atoms with van der Waals surface area (Å²) >= 11 is 0. The Morgan fingerprint density at radius 3 is 2.66 bits per heavy atom. The highest BCUT2D eigenvalue weighted by Gasteiger charge is 2.43. The molecule has 0 aromatic carbocycles. The van der Waals surface area contributed by atoms with Crippen LogP contribution in [0.1, 0.15) is 25.3 Å². The van der Waals surface area contributed by atoms with E-state index in [0.29, 0.717) is 0 Å². The SMILES string of the molecule is C[C@]1(N2CCC3=C2NC(N2CCOCC2)N=C3c2cnc(N)nc2)CCNC1.Cl. The third-order valence-electron chi connectivity index (χ3n) is 6.28. The molecule has 1 unspecified atom stereocenters. The molecule has 9 nitrogen and oxygen atoms in total. The average Bonchev–Trinajstić information content (AvgIpc) is 3.36. The number of hydrogen-bond acceptors (Lipinski definition) is 9. The summed E-state index contributed by atoms with van der Waals surface area (Å²) in [4.78, 5) is 18.4. The first-order valence-electron chi connectivity index (χ1n) is 10.1. The van der Waals surface area contributed by atoms with E-state index >= 15 is 0 Å². The normalized spacial score (nSPS) is 29.9. The summed E-state index contributed by atoms with van der Waals surface area (Å²) in [5, 5.41) is 7.27. The Bertz CT molecular complexity index is 799. The van der Waals surface area contributed by atoms with Crippen LogP contribution in [0.3, 0.4) is 0 Å². The lowest BCUT2D eigenvalue weighted by Crippen LogP contribution is -2.56. The number of nitrogen functional groups attached to an aromatic ring is 1. The zero-order chi connectivity index (χ0) is 19.1. The summed E-state index contributed by atoms with van der Waals surface area (Å²) < 4.78 is 5.54. The van der Waals surface area contributed by atoms with E-state index in [0.717, 1.165) is 70.1 Å². The molecule has 4 aliphatic heterocycles. The predicted molar refractivity (Wildman–Crippen MR) is 114 cm³/mol. The Morgan fingerprint density at radius 1 is 1.21 bits per heavy atom. The quantitative estimate of drug-likeness (QED) is 0.635. The van der Waals surface area contributed by atoms with Crippen LogP contribution < -0.4 is 16.4 Å². The van der Waals surface area contributed by atoms with Crippen LogP contribution in [0.5, 0.6) is 0 Å². The van der Waals surface area contributed by atoms with Crippen LogP contribution in [0.2, 0.25) is 0 Å². The van der Waals surface area contributed by atoms with Crippen LogP contribution >= 0.6 is 12.4 Å². The van der Waals surface area contributed by atoms with E-state index < -0.39 is 0 Å². The molecule has 2 saturated heterocycles. The van der Waals surface area contributed by atoms with Crippen molar-refractivity contribution in [3.8, 4) is 0 Å². The Kier molecular flexibility index (Phi) is 5.65. The summed E-state index contributed by atoms with van der Waals surface area (Å²) in [6.45, 7) is 8.64. The third-order valence-corrected chi connectivity index (χ3v) is 6.28. The molecule has 5 rings (SSSR count). The summed E-state index contributed by atoms with van der Waals surface area (Å²) in [7, 11) is 0. The van der Waals surface area contributed by atoms with E-state index in [4.69, 9.17) is 15.5 Å². The van der Waals surface area contributed by atoms with Gasteiger partial charge in [-0.05, 0) is 26.3 Å². The molecule has 2 atom stereocenters. The van der Waals surface area contributed by atoms with Crippen molar-refractivity contribution in [3.63, 3.8) is 0 Å². The van der Waals surface area contributed by atoms with Crippen molar-refractivity contribution in [2.75, 3.05) is 51.7 Å². The molecule has 0 spiro atoms. The maximum atomic E-state index is 5.71. The molecule has 1 aromatic heterocycles. The molecule has 1 aromatic rings. The molecule has 0 radical (unpaired) electrons. The highest BCUT2D eigenvalue weighted by atomic mass is 35.5. The third kappa shape index (κ3) is 3.68. The first-order chi connectivity index (χ1) is 13.6. The lowest BCUT2D eigenvalue weighted by molar-refractivity contribution is 0.00942. The number of nitrogens with one attached hydrogen (secondary N) is 2. The first-order valence-corrected chi connectivity index (χ1v) is 10.1. The molecule has 29 heavy (non-hydrogen) atoms. The number of aliphatic imine (C=N–C) groups is 1. The summed E-state index contributed by atoms with van der Waals surface area (Å²) in [6.07, 6.45) is 5.58. The Balaban J connectivity index is 0.00000205. The van der Waals surface area contributed by atoms with Gasteiger partial charge in [-0.15, -0.1) is 12.4 Å². The van der Waals surface area contributed by atoms with Gasteiger partial charge in [-0.25, -0.2) is 15.0 Å².